The fourth-order valence-electron chi connectivity index (χ4n) is 1.46. The smallest absolute Gasteiger partial charge is 0.198 e. The van der Waals surface area contributed by atoms with E-state index >= 15 is 0 Å². The maximum atomic E-state index is 13.2. The molecule has 0 heterocycles. The zero-order valence-electron chi connectivity index (χ0n) is 7.79. The lowest BCUT2D eigenvalue weighted by molar-refractivity contribution is 0.407. The van der Waals surface area contributed by atoms with Crippen molar-refractivity contribution < 1.29 is 17.6 Å². The summed E-state index contributed by atoms with van der Waals surface area (Å²) in [6, 6.07) is 0.661. The summed E-state index contributed by atoms with van der Waals surface area (Å²) in [5.74, 6) is -6.22. The highest BCUT2D eigenvalue weighted by Crippen LogP contribution is 2.42. The van der Waals surface area contributed by atoms with E-state index in [1.54, 1.807) is 0 Å². The molecular weight excluding hydrogens is 208 g/mol. The topological polar surface area (TPSA) is 0 Å². The second-order valence-corrected chi connectivity index (χ2v) is 3.65. The lowest BCUT2D eigenvalue weighted by Gasteiger charge is -2.07. The molecule has 0 radical (unpaired) electrons. The average molecular weight is 216 g/mol. The Morgan fingerprint density at radius 3 is 2.20 bits per heavy atom. The average Bonchev–Trinajstić information content (AvgIpc) is 3.03. The number of halogens is 4. The molecule has 1 saturated carbocycles. The minimum atomic E-state index is -1.78. The molecule has 2 rings (SSSR count). The van der Waals surface area contributed by atoms with Gasteiger partial charge in [0.05, 0.1) is 0 Å². The molecule has 0 nitrogen and oxygen atoms in total. The van der Waals surface area contributed by atoms with E-state index in [9.17, 15) is 17.6 Å². The van der Waals surface area contributed by atoms with E-state index in [0.717, 1.165) is 12.8 Å². The molecule has 0 amide bonds. The fourth-order valence-corrected chi connectivity index (χ4v) is 1.46. The van der Waals surface area contributed by atoms with E-state index in [1.807, 2.05) is 0 Å². The van der Waals surface area contributed by atoms with Gasteiger partial charge in [0.1, 0.15) is 0 Å². The third kappa shape index (κ3) is 1.64. The molecule has 0 spiro atoms. The van der Waals surface area contributed by atoms with Gasteiger partial charge in [-0.25, -0.2) is 17.6 Å². The van der Waals surface area contributed by atoms with Gasteiger partial charge < -0.3 is 0 Å². The maximum Gasteiger partial charge on any atom is 0.198 e. The summed E-state index contributed by atoms with van der Waals surface area (Å²) < 4.78 is 51.6. The Bertz CT molecular complexity index is 433. The Kier molecular flexibility index (Phi) is 2.29. The lowest BCUT2D eigenvalue weighted by Crippen LogP contribution is -2.01. The van der Waals surface area contributed by atoms with Crippen LogP contribution < -0.4 is 0 Å². The van der Waals surface area contributed by atoms with Crippen LogP contribution in [-0.2, 0) is 0 Å². The second kappa shape index (κ2) is 3.36. The van der Waals surface area contributed by atoms with Crippen molar-refractivity contribution in [3.05, 3.63) is 41.5 Å². The van der Waals surface area contributed by atoms with Crippen LogP contribution in [0.5, 0.6) is 0 Å². The third-order valence-electron chi connectivity index (χ3n) is 2.52. The van der Waals surface area contributed by atoms with Gasteiger partial charge in [-0.15, -0.1) is 0 Å². The summed E-state index contributed by atoms with van der Waals surface area (Å²) in [5, 5.41) is 0. The molecule has 4 heteroatoms. The number of hydrogen-bond acceptors (Lipinski definition) is 0. The van der Waals surface area contributed by atoms with Gasteiger partial charge in [-0.2, -0.15) is 0 Å². The first-order chi connectivity index (χ1) is 7.02. The van der Waals surface area contributed by atoms with Crippen molar-refractivity contribution in [3.63, 3.8) is 0 Å². The summed E-state index contributed by atoms with van der Waals surface area (Å²) in [6.07, 6.45) is 1.66. The summed E-state index contributed by atoms with van der Waals surface area (Å²) >= 11 is 0. The van der Waals surface area contributed by atoms with Gasteiger partial charge in [-0.3, -0.25) is 0 Å². The van der Waals surface area contributed by atoms with E-state index in [4.69, 9.17) is 0 Å². The number of allylic oxidation sites excluding steroid dienone is 1. The fraction of sp³-hybridized carbons (Fsp3) is 0.273. The monoisotopic (exact) mass is 216 g/mol. The molecule has 15 heavy (non-hydrogen) atoms. The van der Waals surface area contributed by atoms with Crippen LogP contribution in [-0.4, -0.2) is 0 Å². The Hall–Kier alpha value is -1.32. The first-order valence-electron chi connectivity index (χ1n) is 4.54. The number of hydrogen-bond donors (Lipinski definition) is 0. The van der Waals surface area contributed by atoms with E-state index in [0.29, 0.717) is 11.6 Å². The van der Waals surface area contributed by atoms with Crippen molar-refractivity contribution in [3.8, 4) is 0 Å². The van der Waals surface area contributed by atoms with E-state index < -0.39 is 23.3 Å². The van der Waals surface area contributed by atoms with E-state index in [2.05, 4.69) is 6.58 Å². The SMILES string of the molecule is C=C(c1cc(F)c(F)c(F)c1F)C1CC1. The molecule has 1 fully saturated rings. The molecule has 1 aromatic rings. The Labute approximate surface area is 84.2 Å². The van der Waals surface area contributed by atoms with Crippen molar-refractivity contribution in [2.24, 2.45) is 5.92 Å². The van der Waals surface area contributed by atoms with Gasteiger partial charge in [-0.05, 0) is 30.4 Å². The van der Waals surface area contributed by atoms with Crippen LogP contribution in [0.25, 0.3) is 5.57 Å². The van der Waals surface area contributed by atoms with Gasteiger partial charge in [-0.1, -0.05) is 6.58 Å². The van der Waals surface area contributed by atoms with Gasteiger partial charge in [0.2, 0.25) is 0 Å². The molecular formula is C11H8F4. The van der Waals surface area contributed by atoms with E-state index in [-0.39, 0.29) is 11.5 Å². The predicted octanol–water partition coefficient (Wildman–Crippen LogP) is 3.67. The first-order valence-corrected chi connectivity index (χ1v) is 4.54. The van der Waals surface area contributed by atoms with Crippen LogP contribution in [0.15, 0.2) is 12.6 Å². The molecule has 1 aliphatic rings. The van der Waals surface area contributed by atoms with Gasteiger partial charge in [0.25, 0.3) is 0 Å². The Balaban J connectivity index is 2.51. The Morgan fingerprint density at radius 2 is 1.67 bits per heavy atom. The molecule has 0 N–H and O–H groups in total. The largest absolute Gasteiger partial charge is 0.204 e. The standard InChI is InChI=1S/C11H8F4/c1-5(6-2-3-6)7-4-8(12)10(14)11(15)9(7)13/h4,6H,1-3H2. The predicted molar refractivity (Wildman–Crippen MR) is 48.0 cm³/mol. The van der Waals surface area contributed by atoms with Crippen molar-refractivity contribution in [2.75, 3.05) is 0 Å². The molecule has 80 valence electrons. The van der Waals surface area contributed by atoms with Crippen LogP contribution in [0.3, 0.4) is 0 Å². The summed E-state index contributed by atoms with van der Waals surface area (Å²) in [6.45, 7) is 3.56. The molecule has 0 atom stereocenters. The van der Waals surface area contributed by atoms with Crippen LogP contribution in [0.4, 0.5) is 17.6 Å². The molecule has 1 aromatic carbocycles. The highest BCUT2D eigenvalue weighted by molar-refractivity contribution is 5.67. The highest BCUT2D eigenvalue weighted by atomic mass is 19.2. The molecule has 0 unspecified atom stereocenters. The van der Waals surface area contributed by atoms with Crippen molar-refractivity contribution in [1.29, 1.82) is 0 Å². The van der Waals surface area contributed by atoms with Crippen molar-refractivity contribution in [1.82, 2.24) is 0 Å². The second-order valence-electron chi connectivity index (χ2n) is 3.65. The summed E-state index contributed by atoms with van der Waals surface area (Å²) in [7, 11) is 0. The van der Waals surface area contributed by atoms with Crippen LogP contribution in [0.1, 0.15) is 18.4 Å². The zero-order chi connectivity index (χ0) is 11.2. The van der Waals surface area contributed by atoms with Gasteiger partial charge >= 0.3 is 0 Å². The van der Waals surface area contributed by atoms with E-state index in [1.165, 1.54) is 0 Å². The molecule has 1 aliphatic carbocycles. The van der Waals surface area contributed by atoms with Crippen molar-refractivity contribution in [2.45, 2.75) is 12.8 Å². The first kappa shape index (κ1) is 10.2. The third-order valence-corrected chi connectivity index (χ3v) is 2.52. The Morgan fingerprint density at radius 1 is 1.07 bits per heavy atom. The van der Waals surface area contributed by atoms with Crippen LogP contribution in [0.2, 0.25) is 0 Å². The maximum absolute atomic E-state index is 13.2. The normalized spacial score (nSPS) is 15.5. The highest BCUT2D eigenvalue weighted by Gasteiger charge is 2.29. The quantitative estimate of drug-likeness (QED) is 0.402. The van der Waals surface area contributed by atoms with Crippen LogP contribution in [0, 0.1) is 29.2 Å². The lowest BCUT2D eigenvalue weighted by atomic mass is 10.0. The number of rotatable bonds is 2. The number of benzene rings is 1. The summed E-state index contributed by atoms with van der Waals surface area (Å²) in [5.41, 5.74) is 0.0826. The minimum Gasteiger partial charge on any atom is -0.204 e. The van der Waals surface area contributed by atoms with Crippen LogP contribution >= 0.6 is 0 Å². The summed E-state index contributed by atoms with van der Waals surface area (Å²) in [4.78, 5) is 0. The van der Waals surface area contributed by atoms with Gasteiger partial charge in [0, 0.05) is 5.56 Å². The zero-order valence-corrected chi connectivity index (χ0v) is 7.79. The molecule has 0 aromatic heterocycles. The molecule has 0 bridgehead atoms. The van der Waals surface area contributed by atoms with Gasteiger partial charge in [0.15, 0.2) is 23.3 Å². The molecule has 0 aliphatic heterocycles. The minimum absolute atomic E-state index is 0.0729. The van der Waals surface area contributed by atoms with Crippen molar-refractivity contribution >= 4 is 5.57 Å². The molecule has 0 saturated heterocycles.